The SMILES string of the molecule is Cc1ccccc1NC(=O)C(=O)Nc1ccc2c(c1)N(C(=O)C1CC1)CCC2. The van der Waals surface area contributed by atoms with Gasteiger partial charge in [0.05, 0.1) is 0 Å². The highest BCUT2D eigenvalue weighted by atomic mass is 16.2. The molecule has 144 valence electrons. The number of fused-ring (bicyclic) bond motifs is 1. The molecule has 1 aliphatic heterocycles. The van der Waals surface area contributed by atoms with Crippen molar-refractivity contribution in [2.75, 3.05) is 22.1 Å². The van der Waals surface area contributed by atoms with Crippen LogP contribution in [0.3, 0.4) is 0 Å². The van der Waals surface area contributed by atoms with Crippen molar-refractivity contribution in [1.82, 2.24) is 0 Å². The molecule has 0 aromatic heterocycles. The average Bonchev–Trinajstić information content (AvgIpc) is 3.54. The monoisotopic (exact) mass is 377 g/mol. The van der Waals surface area contributed by atoms with Gasteiger partial charge in [-0.05, 0) is 61.9 Å². The Morgan fingerprint density at radius 1 is 1.00 bits per heavy atom. The van der Waals surface area contributed by atoms with E-state index in [0.717, 1.165) is 42.5 Å². The van der Waals surface area contributed by atoms with Crippen LogP contribution in [0.4, 0.5) is 17.1 Å². The third-order valence-corrected chi connectivity index (χ3v) is 5.25. The molecule has 0 unspecified atom stereocenters. The molecule has 2 aliphatic rings. The Balaban J connectivity index is 1.48. The molecule has 0 radical (unpaired) electrons. The van der Waals surface area contributed by atoms with E-state index in [-0.39, 0.29) is 11.8 Å². The summed E-state index contributed by atoms with van der Waals surface area (Å²) in [6, 6.07) is 12.8. The summed E-state index contributed by atoms with van der Waals surface area (Å²) < 4.78 is 0. The standard InChI is InChI=1S/C22H23N3O3/c1-14-5-2-3-7-18(14)24-21(27)20(26)23-17-11-10-15-6-4-12-25(19(15)13-17)22(28)16-8-9-16/h2-3,5,7,10-11,13,16H,4,6,8-9,12H2,1H3,(H,23,26)(H,24,27). The van der Waals surface area contributed by atoms with E-state index in [2.05, 4.69) is 10.6 Å². The van der Waals surface area contributed by atoms with Crippen LogP contribution in [0.5, 0.6) is 0 Å². The maximum absolute atomic E-state index is 12.6. The van der Waals surface area contributed by atoms with Gasteiger partial charge in [0.2, 0.25) is 5.91 Å². The van der Waals surface area contributed by atoms with Crippen molar-refractivity contribution >= 4 is 34.8 Å². The summed E-state index contributed by atoms with van der Waals surface area (Å²) in [7, 11) is 0. The summed E-state index contributed by atoms with van der Waals surface area (Å²) in [5, 5.41) is 5.27. The number of hydrogen-bond donors (Lipinski definition) is 2. The highest BCUT2D eigenvalue weighted by molar-refractivity contribution is 6.43. The summed E-state index contributed by atoms with van der Waals surface area (Å²) in [6.45, 7) is 2.57. The summed E-state index contributed by atoms with van der Waals surface area (Å²) in [5.41, 5.74) is 3.95. The Labute approximate surface area is 163 Å². The van der Waals surface area contributed by atoms with Crippen molar-refractivity contribution in [3.8, 4) is 0 Å². The molecule has 2 aromatic carbocycles. The second-order valence-electron chi connectivity index (χ2n) is 7.43. The summed E-state index contributed by atoms with van der Waals surface area (Å²) in [4.78, 5) is 39.0. The smallest absolute Gasteiger partial charge is 0.314 e. The first-order chi connectivity index (χ1) is 13.5. The van der Waals surface area contributed by atoms with Crippen molar-refractivity contribution < 1.29 is 14.4 Å². The number of anilines is 3. The van der Waals surface area contributed by atoms with Crippen molar-refractivity contribution in [3.05, 3.63) is 53.6 Å². The van der Waals surface area contributed by atoms with Gasteiger partial charge in [0, 0.05) is 29.5 Å². The van der Waals surface area contributed by atoms with Crippen LogP contribution < -0.4 is 15.5 Å². The quantitative estimate of drug-likeness (QED) is 0.806. The number of amides is 3. The molecule has 6 heteroatoms. The molecule has 2 N–H and O–H groups in total. The van der Waals surface area contributed by atoms with E-state index in [9.17, 15) is 14.4 Å². The molecular formula is C22H23N3O3. The zero-order valence-corrected chi connectivity index (χ0v) is 15.8. The maximum atomic E-state index is 12.6. The van der Waals surface area contributed by atoms with Crippen LogP contribution in [-0.2, 0) is 20.8 Å². The van der Waals surface area contributed by atoms with Crippen LogP contribution in [0.2, 0.25) is 0 Å². The number of carbonyl (C=O) groups is 3. The fourth-order valence-corrected chi connectivity index (χ4v) is 3.51. The molecule has 3 amide bonds. The zero-order valence-electron chi connectivity index (χ0n) is 15.8. The Hall–Kier alpha value is -3.15. The molecule has 0 bridgehead atoms. The second kappa shape index (κ2) is 7.46. The minimum atomic E-state index is -0.737. The third-order valence-electron chi connectivity index (χ3n) is 5.25. The van der Waals surface area contributed by atoms with Gasteiger partial charge in [0.25, 0.3) is 0 Å². The molecule has 4 rings (SSSR count). The normalized spacial score (nSPS) is 15.5. The van der Waals surface area contributed by atoms with Crippen LogP contribution in [0, 0.1) is 12.8 Å². The number of nitrogens with one attached hydrogen (secondary N) is 2. The molecular weight excluding hydrogens is 354 g/mol. The molecule has 1 fully saturated rings. The van der Waals surface area contributed by atoms with Gasteiger partial charge < -0.3 is 15.5 Å². The van der Waals surface area contributed by atoms with Crippen LogP contribution >= 0.6 is 0 Å². The van der Waals surface area contributed by atoms with E-state index >= 15 is 0 Å². The van der Waals surface area contributed by atoms with Gasteiger partial charge in [-0.15, -0.1) is 0 Å². The van der Waals surface area contributed by atoms with Gasteiger partial charge in [0.15, 0.2) is 0 Å². The molecule has 2 aromatic rings. The number of para-hydroxylation sites is 1. The molecule has 0 saturated heterocycles. The number of carbonyl (C=O) groups excluding carboxylic acids is 3. The molecule has 0 atom stereocenters. The first-order valence-electron chi connectivity index (χ1n) is 9.65. The molecule has 1 saturated carbocycles. The van der Waals surface area contributed by atoms with Crippen molar-refractivity contribution in [2.45, 2.75) is 32.6 Å². The van der Waals surface area contributed by atoms with E-state index in [0.29, 0.717) is 17.9 Å². The largest absolute Gasteiger partial charge is 0.318 e. The number of benzene rings is 2. The molecule has 0 spiro atoms. The van der Waals surface area contributed by atoms with Gasteiger partial charge >= 0.3 is 11.8 Å². The van der Waals surface area contributed by atoms with E-state index in [4.69, 9.17) is 0 Å². The Kier molecular flexibility index (Phi) is 4.86. The van der Waals surface area contributed by atoms with Crippen LogP contribution in [-0.4, -0.2) is 24.3 Å². The number of hydrogen-bond acceptors (Lipinski definition) is 3. The fourth-order valence-electron chi connectivity index (χ4n) is 3.51. The minimum Gasteiger partial charge on any atom is -0.318 e. The third kappa shape index (κ3) is 3.76. The lowest BCUT2D eigenvalue weighted by molar-refractivity contribution is -0.133. The minimum absolute atomic E-state index is 0.143. The zero-order chi connectivity index (χ0) is 19.7. The van der Waals surface area contributed by atoms with Gasteiger partial charge in [-0.1, -0.05) is 24.3 Å². The van der Waals surface area contributed by atoms with Crippen molar-refractivity contribution in [2.24, 2.45) is 5.92 Å². The van der Waals surface area contributed by atoms with Crippen LogP contribution in [0.1, 0.15) is 30.4 Å². The maximum Gasteiger partial charge on any atom is 0.314 e. The topological polar surface area (TPSA) is 78.5 Å². The summed E-state index contributed by atoms with van der Waals surface area (Å²) in [6.07, 6.45) is 3.77. The lowest BCUT2D eigenvalue weighted by Crippen LogP contribution is -2.36. The Morgan fingerprint density at radius 3 is 2.50 bits per heavy atom. The predicted octanol–water partition coefficient (Wildman–Crippen LogP) is 3.26. The van der Waals surface area contributed by atoms with Gasteiger partial charge in [-0.2, -0.15) is 0 Å². The van der Waals surface area contributed by atoms with Gasteiger partial charge in [-0.3, -0.25) is 14.4 Å². The Morgan fingerprint density at radius 2 is 1.75 bits per heavy atom. The van der Waals surface area contributed by atoms with Crippen LogP contribution in [0.25, 0.3) is 0 Å². The average molecular weight is 377 g/mol. The summed E-state index contributed by atoms with van der Waals surface area (Å²) in [5.74, 6) is -1.15. The first kappa shape index (κ1) is 18.2. The number of rotatable bonds is 3. The van der Waals surface area contributed by atoms with E-state index in [1.54, 1.807) is 24.3 Å². The van der Waals surface area contributed by atoms with Crippen LogP contribution in [0.15, 0.2) is 42.5 Å². The van der Waals surface area contributed by atoms with Crippen molar-refractivity contribution in [3.63, 3.8) is 0 Å². The highest BCUT2D eigenvalue weighted by Crippen LogP contribution is 2.36. The van der Waals surface area contributed by atoms with Gasteiger partial charge in [0.1, 0.15) is 0 Å². The lowest BCUT2D eigenvalue weighted by atomic mass is 10.0. The van der Waals surface area contributed by atoms with E-state index in [1.807, 2.05) is 30.0 Å². The summed E-state index contributed by atoms with van der Waals surface area (Å²) >= 11 is 0. The molecule has 1 aliphatic carbocycles. The molecule has 6 nitrogen and oxygen atoms in total. The van der Waals surface area contributed by atoms with Crippen molar-refractivity contribution in [1.29, 1.82) is 0 Å². The van der Waals surface area contributed by atoms with Gasteiger partial charge in [-0.25, -0.2) is 0 Å². The predicted molar refractivity (Wildman–Crippen MR) is 108 cm³/mol. The Bertz CT molecular complexity index is 950. The first-order valence-corrected chi connectivity index (χ1v) is 9.65. The molecule has 28 heavy (non-hydrogen) atoms. The highest BCUT2D eigenvalue weighted by Gasteiger charge is 2.35. The molecule has 1 heterocycles. The number of nitrogens with zero attached hydrogens (tertiary/aromatic N) is 1. The van der Waals surface area contributed by atoms with E-state index in [1.165, 1.54) is 0 Å². The van der Waals surface area contributed by atoms with E-state index < -0.39 is 11.8 Å². The second-order valence-corrected chi connectivity index (χ2v) is 7.43. The lowest BCUT2D eigenvalue weighted by Gasteiger charge is -2.30. The fraction of sp³-hybridized carbons (Fsp3) is 0.318. The number of aryl methyl sites for hydroxylation is 2.